The highest BCUT2D eigenvalue weighted by molar-refractivity contribution is 5.94. The van der Waals surface area contributed by atoms with Crippen LogP contribution < -0.4 is 10.9 Å². The van der Waals surface area contributed by atoms with Crippen molar-refractivity contribution >= 4 is 17.7 Å². The van der Waals surface area contributed by atoms with Gasteiger partial charge in [0.15, 0.2) is 0 Å². The number of ether oxygens (including phenoxy) is 1. The van der Waals surface area contributed by atoms with Gasteiger partial charge in [0.05, 0.1) is 17.5 Å². The van der Waals surface area contributed by atoms with E-state index in [9.17, 15) is 23.2 Å². The fraction of sp³-hybridized carbons (Fsp3) is 0.478. The summed E-state index contributed by atoms with van der Waals surface area (Å²) < 4.78 is 34.5. The zero-order valence-electron chi connectivity index (χ0n) is 18.2. The Labute approximate surface area is 189 Å². The second kappa shape index (κ2) is 9.38. The molecule has 0 unspecified atom stereocenters. The van der Waals surface area contributed by atoms with Gasteiger partial charge in [0, 0.05) is 38.0 Å². The van der Waals surface area contributed by atoms with Gasteiger partial charge in [-0.15, -0.1) is 0 Å². The number of H-pyrrole nitrogens is 1. The summed E-state index contributed by atoms with van der Waals surface area (Å²) in [4.78, 5) is 44.3. The molecule has 0 bridgehead atoms. The average Bonchev–Trinajstić information content (AvgIpc) is 2.77. The van der Waals surface area contributed by atoms with Crippen LogP contribution >= 0.6 is 0 Å². The molecule has 2 aromatic heterocycles. The molecule has 1 aliphatic heterocycles. The number of esters is 1. The number of amides is 1. The Balaban J connectivity index is 1.37. The van der Waals surface area contributed by atoms with E-state index in [2.05, 4.69) is 15.3 Å². The predicted molar refractivity (Wildman–Crippen MR) is 116 cm³/mol. The van der Waals surface area contributed by atoms with Crippen molar-refractivity contribution in [2.75, 3.05) is 18.4 Å². The number of carbonyl (C=O) groups excluding carboxylic acids is 2. The van der Waals surface area contributed by atoms with Gasteiger partial charge in [0.25, 0.3) is 5.92 Å². The molecule has 8 nitrogen and oxygen atoms in total. The molecule has 10 heteroatoms. The minimum Gasteiger partial charge on any atom is -0.459 e. The van der Waals surface area contributed by atoms with Gasteiger partial charge in [0.1, 0.15) is 11.9 Å². The molecule has 176 valence electrons. The SMILES string of the molecule is C[C@@H](C(=O)Nc1ccc(C(=O)OC2CCC2)cn1)N1CCC(F)(F)[C@@H](c2ccc(=O)[nH]c2)C1. The van der Waals surface area contributed by atoms with Gasteiger partial charge in [-0.3, -0.25) is 14.5 Å². The first kappa shape index (κ1) is 23.0. The van der Waals surface area contributed by atoms with Crippen molar-refractivity contribution < 1.29 is 23.1 Å². The molecule has 33 heavy (non-hydrogen) atoms. The molecule has 2 N–H and O–H groups in total. The largest absolute Gasteiger partial charge is 0.459 e. The van der Waals surface area contributed by atoms with E-state index in [1.54, 1.807) is 11.8 Å². The molecule has 2 atom stereocenters. The number of nitrogens with zero attached hydrogens (tertiary/aromatic N) is 2. The molecule has 1 amide bonds. The van der Waals surface area contributed by atoms with Crippen molar-refractivity contribution in [2.24, 2.45) is 0 Å². The summed E-state index contributed by atoms with van der Waals surface area (Å²) in [6.45, 7) is 1.67. The average molecular weight is 460 g/mol. The number of rotatable bonds is 6. The first-order valence-electron chi connectivity index (χ1n) is 11.0. The maximum Gasteiger partial charge on any atom is 0.339 e. The molecule has 3 heterocycles. The summed E-state index contributed by atoms with van der Waals surface area (Å²) >= 11 is 0. The van der Waals surface area contributed by atoms with Crippen LogP contribution in [0, 0.1) is 0 Å². The van der Waals surface area contributed by atoms with Crippen LogP contribution in [0.25, 0.3) is 0 Å². The van der Waals surface area contributed by atoms with E-state index in [1.165, 1.54) is 36.7 Å². The van der Waals surface area contributed by atoms with Crippen molar-refractivity contribution in [1.29, 1.82) is 0 Å². The number of hydrogen-bond acceptors (Lipinski definition) is 6. The Morgan fingerprint density at radius 3 is 2.67 bits per heavy atom. The Hall–Kier alpha value is -3.14. The van der Waals surface area contributed by atoms with Gasteiger partial charge < -0.3 is 15.0 Å². The number of pyridine rings is 2. The lowest BCUT2D eigenvalue weighted by atomic mass is 9.87. The molecule has 1 aliphatic carbocycles. The number of aromatic amines is 1. The summed E-state index contributed by atoms with van der Waals surface area (Å²) in [5, 5.41) is 2.67. The molecular weight excluding hydrogens is 434 g/mol. The summed E-state index contributed by atoms with van der Waals surface area (Å²) in [7, 11) is 0. The fourth-order valence-electron chi connectivity index (χ4n) is 3.96. The van der Waals surface area contributed by atoms with Gasteiger partial charge in [0.2, 0.25) is 11.5 Å². The molecule has 2 aromatic rings. The lowest BCUT2D eigenvalue weighted by Crippen LogP contribution is -2.52. The van der Waals surface area contributed by atoms with E-state index >= 15 is 0 Å². The third kappa shape index (κ3) is 5.27. The first-order chi connectivity index (χ1) is 15.7. The standard InChI is InChI=1S/C23H26F2N4O4/c1-14(29-10-9-23(24,25)18(13-29)15-6-8-20(30)27-11-15)21(31)28-19-7-5-16(12-26-19)22(32)33-17-3-2-4-17/h5-8,11-12,14,17-18H,2-4,9-10,13H2,1H3,(H,27,30)(H,26,28,31)/t14-,18+/m0/s1. The third-order valence-electron chi connectivity index (χ3n) is 6.37. The van der Waals surface area contributed by atoms with E-state index < -0.39 is 36.2 Å². The highest BCUT2D eigenvalue weighted by Crippen LogP contribution is 2.40. The molecule has 1 saturated heterocycles. The van der Waals surface area contributed by atoms with Crippen molar-refractivity contribution in [3.05, 3.63) is 58.1 Å². The first-order valence-corrected chi connectivity index (χ1v) is 11.0. The minimum absolute atomic E-state index is 0.0328. The second-order valence-corrected chi connectivity index (χ2v) is 8.60. The van der Waals surface area contributed by atoms with Crippen LogP contribution in [0.2, 0.25) is 0 Å². The lowest BCUT2D eigenvalue weighted by Gasteiger charge is -2.40. The number of anilines is 1. The van der Waals surface area contributed by atoms with Gasteiger partial charge in [-0.2, -0.15) is 0 Å². The number of alkyl halides is 2. The summed E-state index contributed by atoms with van der Waals surface area (Å²) in [5.74, 6) is -4.67. The predicted octanol–water partition coefficient (Wildman–Crippen LogP) is 2.93. The maximum absolute atomic E-state index is 14.6. The third-order valence-corrected chi connectivity index (χ3v) is 6.37. The molecule has 4 rings (SSSR count). The van der Waals surface area contributed by atoms with Crippen LogP contribution in [-0.4, -0.2) is 57.9 Å². The van der Waals surface area contributed by atoms with Crippen molar-refractivity contribution in [2.45, 2.75) is 56.6 Å². The smallest absolute Gasteiger partial charge is 0.339 e. The number of halogens is 2. The number of aromatic nitrogens is 2. The Morgan fingerprint density at radius 1 is 1.27 bits per heavy atom. The number of likely N-dealkylation sites (tertiary alicyclic amines) is 1. The molecule has 0 radical (unpaired) electrons. The van der Waals surface area contributed by atoms with E-state index in [4.69, 9.17) is 4.74 Å². The Morgan fingerprint density at radius 2 is 2.06 bits per heavy atom. The van der Waals surface area contributed by atoms with Crippen LogP contribution in [0.15, 0.2) is 41.5 Å². The summed E-state index contributed by atoms with van der Waals surface area (Å²) in [5.41, 5.74) is 0.259. The monoisotopic (exact) mass is 460 g/mol. The Kier molecular flexibility index (Phi) is 6.55. The number of nitrogens with one attached hydrogen (secondary N) is 2. The van der Waals surface area contributed by atoms with Crippen molar-refractivity contribution in [3.63, 3.8) is 0 Å². The molecule has 0 aromatic carbocycles. The topological polar surface area (TPSA) is 104 Å². The van der Waals surface area contributed by atoms with Crippen LogP contribution in [0.4, 0.5) is 14.6 Å². The zero-order valence-corrected chi connectivity index (χ0v) is 18.2. The van der Waals surface area contributed by atoms with Crippen molar-refractivity contribution in [1.82, 2.24) is 14.9 Å². The molecule has 0 spiro atoms. The minimum atomic E-state index is -2.95. The van der Waals surface area contributed by atoms with Gasteiger partial charge in [-0.1, -0.05) is 6.07 Å². The van der Waals surface area contributed by atoms with E-state index in [0.717, 1.165) is 19.3 Å². The summed E-state index contributed by atoms with van der Waals surface area (Å²) in [6, 6.07) is 4.97. The van der Waals surface area contributed by atoms with Crippen molar-refractivity contribution in [3.8, 4) is 0 Å². The summed E-state index contributed by atoms with van der Waals surface area (Å²) in [6.07, 6.45) is 5.01. The van der Waals surface area contributed by atoms with E-state index in [0.29, 0.717) is 11.1 Å². The van der Waals surface area contributed by atoms with Crippen LogP contribution in [-0.2, 0) is 9.53 Å². The second-order valence-electron chi connectivity index (χ2n) is 8.60. The van der Waals surface area contributed by atoms with Gasteiger partial charge in [-0.05, 0) is 43.9 Å². The van der Waals surface area contributed by atoms with Crippen LogP contribution in [0.1, 0.15) is 54.4 Å². The molecular formula is C23H26F2N4O4. The molecule has 2 fully saturated rings. The van der Waals surface area contributed by atoms with E-state index in [-0.39, 0.29) is 30.6 Å². The highest BCUT2D eigenvalue weighted by atomic mass is 19.3. The van der Waals surface area contributed by atoms with Crippen LogP contribution in [0.5, 0.6) is 0 Å². The number of carbonyl (C=O) groups is 2. The van der Waals surface area contributed by atoms with Gasteiger partial charge >= 0.3 is 5.97 Å². The Bertz CT molecular complexity index is 1050. The fourth-order valence-corrected chi connectivity index (χ4v) is 3.96. The number of hydrogen-bond donors (Lipinski definition) is 2. The molecule has 2 aliphatic rings. The normalized spacial score (nSPS) is 21.6. The maximum atomic E-state index is 14.6. The highest BCUT2D eigenvalue weighted by Gasteiger charge is 2.46. The molecule has 1 saturated carbocycles. The lowest BCUT2D eigenvalue weighted by molar-refractivity contribution is -0.125. The zero-order chi connectivity index (χ0) is 23.6. The van der Waals surface area contributed by atoms with E-state index in [1.807, 2.05) is 0 Å². The quantitative estimate of drug-likeness (QED) is 0.643. The van der Waals surface area contributed by atoms with Crippen LogP contribution in [0.3, 0.4) is 0 Å². The van der Waals surface area contributed by atoms with Gasteiger partial charge in [-0.25, -0.2) is 18.6 Å². The number of piperidine rings is 1.